The lowest BCUT2D eigenvalue weighted by atomic mass is 10.1. The Morgan fingerprint density at radius 1 is 1.42 bits per heavy atom. The van der Waals surface area contributed by atoms with Crippen molar-refractivity contribution in [1.29, 1.82) is 0 Å². The van der Waals surface area contributed by atoms with Crippen LogP contribution in [0.3, 0.4) is 0 Å². The molecular weight excluding hydrogens is 168 g/mol. The molecular formula is C9H18N2S. The van der Waals surface area contributed by atoms with E-state index in [-0.39, 0.29) is 0 Å². The van der Waals surface area contributed by atoms with Crippen molar-refractivity contribution in [1.82, 2.24) is 10.2 Å². The molecule has 70 valence electrons. The lowest BCUT2D eigenvalue weighted by Crippen LogP contribution is -2.43. The van der Waals surface area contributed by atoms with Crippen molar-refractivity contribution < 1.29 is 0 Å². The molecule has 1 atom stereocenters. The topological polar surface area (TPSA) is 15.3 Å². The monoisotopic (exact) mass is 186 g/mol. The lowest BCUT2D eigenvalue weighted by molar-refractivity contribution is 0.333. The van der Waals surface area contributed by atoms with Gasteiger partial charge in [0.15, 0.2) is 5.11 Å². The smallest absolute Gasteiger partial charge is 0.168 e. The number of rotatable bonds is 0. The van der Waals surface area contributed by atoms with E-state index in [9.17, 15) is 0 Å². The molecule has 3 heteroatoms. The fourth-order valence-corrected chi connectivity index (χ4v) is 1.99. The van der Waals surface area contributed by atoms with E-state index in [0.717, 1.165) is 11.7 Å². The first-order valence-corrected chi connectivity index (χ1v) is 5.15. The molecule has 0 saturated carbocycles. The zero-order chi connectivity index (χ0) is 8.97. The molecule has 1 rings (SSSR count). The Balaban J connectivity index is 2.52. The van der Waals surface area contributed by atoms with E-state index < -0.39 is 0 Å². The van der Waals surface area contributed by atoms with Crippen LogP contribution in [0.2, 0.25) is 0 Å². The molecule has 0 amide bonds. The van der Waals surface area contributed by atoms with Gasteiger partial charge < -0.3 is 10.2 Å². The Bertz CT molecular complexity index is 159. The van der Waals surface area contributed by atoms with Gasteiger partial charge >= 0.3 is 0 Å². The molecule has 12 heavy (non-hydrogen) atoms. The average molecular weight is 186 g/mol. The standard InChI is InChI=1S/C9H18N2S/c1-8-6-4-3-5-7-11(8)9(12)10-2/h8H,3-7H2,1-2H3,(H,10,12). The predicted molar refractivity (Wildman–Crippen MR) is 56.3 cm³/mol. The van der Waals surface area contributed by atoms with Crippen LogP contribution >= 0.6 is 12.2 Å². The molecule has 1 N–H and O–H groups in total. The van der Waals surface area contributed by atoms with Crippen LogP contribution in [0.15, 0.2) is 0 Å². The minimum Gasteiger partial charge on any atom is -0.366 e. The van der Waals surface area contributed by atoms with Gasteiger partial charge in [0.25, 0.3) is 0 Å². The lowest BCUT2D eigenvalue weighted by Gasteiger charge is -2.29. The number of hydrogen-bond acceptors (Lipinski definition) is 1. The van der Waals surface area contributed by atoms with Crippen LogP contribution in [0.25, 0.3) is 0 Å². The summed E-state index contributed by atoms with van der Waals surface area (Å²) in [5.41, 5.74) is 0. The van der Waals surface area contributed by atoms with E-state index in [4.69, 9.17) is 12.2 Å². The third kappa shape index (κ3) is 2.34. The van der Waals surface area contributed by atoms with Gasteiger partial charge in [0.1, 0.15) is 0 Å². The highest BCUT2D eigenvalue weighted by molar-refractivity contribution is 7.80. The van der Waals surface area contributed by atoms with Crippen molar-refractivity contribution in [3.8, 4) is 0 Å². The summed E-state index contributed by atoms with van der Waals surface area (Å²) >= 11 is 5.23. The van der Waals surface area contributed by atoms with E-state index in [2.05, 4.69) is 17.1 Å². The summed E-state index contributed by atoms with van der Waals surface area (Å²) in [5, 5.41) is 3.96. The highest BCUT2D eigenvalue weighted by Gasteiger charge is 2.17. The molecule has 1 saturated heterocycles. The molecule has 1 heterocycles. The van der Waals surface area contributed by atoms with E-state index in [1.807, 2.05) is 7.05 Å². The minimum absolute atomic E-state index is 0.618. The van der Waals surface area contributed by atoms with Gasteiger partial charge in [-0.1, -0.05) is 12.8 Å². The van der Waals surface area contributed by atoms with Crippen molar-refractivity contribution >= 4 is 17.3 Å². The second kappa shape index (κ2) is 4.65. The van der Waals surface area contributed by atoms with Crippen LogP contribution < -0.4 is 5.32 Å². The molecule has 1 aliphatic heterocycles. The molecule has 0 spiro atoms. The quantitative estimate of drug-likeness (QED) is 0.580. The average Bonchev–Trinajstić information content (AvgIpc) is 2.28. The van der Waals surface area contributed by atoms with Crippen LogP contribution in [0.1, 0.15) is 32.6 Å². The van der Waals surface area contributed by atoms with Crippen LogP contribution in [-0.2, 0) is 0 Å². The zero-order valence-corrected chi connectivity index (χ0v) is 8.78. The maximum atomic E-state index is 5.23. The molecule has 0 aromatic rings. The molecule has 1 aliphatic rings. The van der Waals surface area contributed by atoms with Gasteiger partial charge in [0.2, 0.25) is 0 Å². The van der Waals surface area contributed by atoms with Gasteiger partial charge in [-0.05, 0) is 32.0 Å². The number of nitrogens with one attached hydrogen (secondary N) is 1. The second-order valence-electron chi connectivity index (χ2n) is 3.45. The first-order chi connectivity index (χ1) is 5.75. The number of likely N-dealkylation sites (tertiary alicyclic amines) is 1. The Hall–Kier alpha value is -0.310. The molecule has 0 aliphatic carbocycles. The van der Waals surface area contributed by atoms with Crippen LogP contribution in [0.5, 0.6) is 0 Å². The normalized spacial score (nSPS) is 24.8. The zero-order valence-electron chi connectivity index (χ0n) is 7.97. The van der Waals surface area contributed by atoms with Crippen molar-refractivity contribution in [3.05, 3.63) is 0 Å². The molecule has 0 radical (unpaired) electrons. The highest BCUT2D eigenvalue weighted by atomic mass is 32.1. The fraction of sp³-hybridized carbons (Fsp3) is 0.889. The Morgan fingerprint density at radius 2 is 2.17 bits per heavy atom. The van der Waals surface area contributed by atoms with E-state index in [0.29, 0.717) is 6.04 Å². The van der Waals surface area contributed by atoms with Gasteiger partial charge in [-0.3, -0.25) is 0 Å². The Labute approximate surface area is 80.3 Å². The molecule has 1 fully saturated rings. The highest BCUT2D eigenvalue weighted by Crippen LogP contribution is 2.15. The summed E-state index contributed by atoms with van der Waals surface area (Å²) in [4.78, 5) is 2.31. The van der Waals surface area contributed by atoms with Crippen molar-refractivity contribution in [2.45, 2.75) is 38.6 Å². The summed E-state index contributed by atoms with van der Waals surface area (Å²) in [6.07, 6.45) is 5.27. The number of nitrogens with zero attached hydrogens (tertiary/aromatic N) is 1. The summed E-state index contributed by atoms with van der Waals surface area (Å²) in [6.45, 7) is 3.38. The maximum Gasteiger partial charge on any atom is 0.168 e. The predicted octanol–water partition coefficient (Wildman–Crippen LogP) is 1.76. The van der Waals surface area contributed by atoms with Gasteiger partial charge in [-0.15, -0.1) is 0 Å². The van der Waals surface area contributed by atoms with Gasteiger partial charge in [-0.2, -0.15) is 0 Å². The van der Waals surface area contributed by atoms with Crippen molar-refractivity contribution in [2.24, 2.45) is 0 Å². The van der Waals surface area contributed by atoms with Crippen LogP contribution in [0.4, 0.5) is 0 Å². The molecule has 0 aromatic heterocycles. The molecule has 0 bridgehead atoms. The minimum atomic E-state index is 0.618. The first-order valence-electron chi connectivity index (χ1n) is 4.74. The van der Waals surface area contributed by atoms with Crippen LogP contribution in [0, 0.1) is 0 Å². The SMILES string of the molecule is CNC(=S)N1CCCCCC1C. The second-order valence-corrected chi connectivity index (χ2v) is 3.83. The Kier molecular flexibility index (Phi) is 3.79. The van der Waals surface area contributed by atoms with E-state index >= 15 is 0 Å². The molecule has 2 nitrogen and oxygen atoms in total. The first kappa shape index (κ1) is 9.78. The van der Waals surface area contributed by atoms with E-state index in [1.165, 1.54) is 25.7 Å². The number of thiocarbonyl (C=S) groups is 1. The molecule has 1 unspecified atom stereocenters. The third-order valence-corrected chi connectivity index (χ3v) is 2.97. The Morgan fingerprint density at radius 3 is 2.83 bits per heavy atom. The van der Waals surface area contributed by atoms with Crippen molar-refractivity contribution in [3.63, 3.8) is 0 Å². The fourth-order valence-electron chi connectivity index (χ4n) is 1.72. The summed E-state index contributed by atoms with van der Waals surface area (Å²) in [7, 11) is 1.90. The third-order valence-electron chi connectivity index (χ3n) is 2.53. The van der Waals surface area contributed by atoms with Gasteiger partial charge in [0, 0.05) is 19.6 Å². The largest absolute Gasteiger partial charge is 0.366 e. The van der Waals surface area contributed by atoms with Gasteiger partial charge in [0.05, 0.1) is 0 Å². The maximum absolute atomic E-state index is 5.23. The summed E-state index contributed by atoms with van der Waals surface area (Å²) in [5.74, 6) is 0. The summed E-state index contributed by atoms with van der Waals surface area (Å²) in [6, 6.07) is 0.618. The molecule has 0 aromatic carbocycles. The van der Waals surface area contributed by atoms with Crippen LogP contribution in [-0.4, -0.2) is 29.6 Å². The summed E-state index contributed by atoms with van der Waals surface area (Å²) < 4.78 is 0. The van der Waals surface area contributed by atoms with E-state index in [1.54, 1.807) is 0 Å². The number of hydrogen-bond donors (Lipinski definition) is 1. The van der Waals surface area contributed by atoms with Crippen molar-refractivity contribution in [2.75, 3.05) is 13.6 Å². The van der Waals surface area contributed by atoms with Gasteiger partial charge in [-0.25, -0.2) is 0 Å².